The van der Waals surface area contributed by atoms with Crippen LogP contribution in [0.3, 0.4) is 0 Å². The maximum absolute atomic E-state index is 9.97. The molecule has 5 heteroatoms. The van der Waals surface area contributed by atoms with Crippen molar-refractivity contribution in [2.45, 2.75) is 0 Å². The molecule has 0 aromatic rings. The van der Waals surface area contributed by atoms with Gasteiger partial charge in [0.1, 0.15) is 0 Å². The Bertz CT molecular complexity index is 121. The molecule has 0 radical (unpaired) electrons. The molecule has 0 aliphatic rings. The van der Waals surface area contributed by atoms with Crippen molar-refractivity contribution in [1.82, 2.24) is 5.32 Å². The molecule has 1 amide bonds. The topological polar surface area (TPSA) is 55.1 Å². The quantitative estimate of drug-likeness (QED) is 0.461. The summed E-state index contributed by atoms with van der Waals surface area (Å²) in [5.41, 5.74) is 4.76. The van der Waals surface area contributed by atoms with Crippen molar-refractivity contribution in [1.29, 1.82) is 0 Å². The number of halogens is 2. The van der Waals surface area contributed by atoms with Gasteiger partial charge in [0.15, 0.2) is 0 Å². The van der Waals surface area contributed by atoms with Gasteiger partial charge in [-0.25, -0.2) is 0 Å². The van der Waals surface area contributed by atoms with Crippen molar-refractivity contribution in [3.8, 4) is 12.3 Å². The van der Waals surface area contributed by atoms with Crippen LogP contribution in [-0.2, 0) is 4.79 Å². The molecule has 60 valence electrons. The van der Waals surface area contributed by atoms with Crippen molar-refractivity contribution in [2.24, 2.45) is 5.73 Å². The zero-order valence-electron chi connectivity index (χ0n) is 5.29. The molecule has 3 N–H and O–H groups in total. The molecule has 0 fully saturated rings. The Balaban J connectivity index is -0.000000245. The number of rotatable bonds is 3. The van der Waals surface area contributed by atoms with Gasteiger partial charge in [0.05, 0.1) is 13.1 Å². The number of nitrogens with one attached hydrogen (secondary N) is 1. The van der Waals surface area contributed by atoms with Gasteiger partial charge in [0.25, 0.3) is 0 Å². The highest BCUT2D eigenvalue weighted by atomic mass is 35.5. The maximum atomic E-state index is 9.97. The third-order valence-electron chi connectivity index (χ3n) is 0.526. The zero-order chi connectivity index (χ0) is 6.41. The standard InChI is InChI=1S/C5H8N2O.2ClH/c1-2-3-7-4-5(6)8;;/h1,7H,3-4H2,(H2,6,8);2*1H. The second-order valence-electron chi connectivity index (χ2n) is 1.27. The van der Waals surface area contributed by atoms with E-state index < -0.39 is 0 Å². The number of terminal acetylenes is 1. The highest BCUT2D eigenvalue weighted by molar-refractivity contribution is 5.85. The summed E-state index contributed by atoms with van der Waals surface area (Å²) < 4.78 is 0. The van der Waals surface area contributed by atoms with Crippen LogP contribution < -0.4 is 11.1 Å². The summed E-state index contributed by atoms with van der Waals surface area (Å²) >= 11 is 0. The van der Waals surface area contributed by atoms with Crippen LogP contribution in [0.2, 0.25) is 0 Å². The Labute approximate surface area is 72.6 Å². The molecule has 10 heavy (non-hydrogen) atoms. The van der Waals surface area contributed by atoms with E-state index in [2.05, 4.69) is 11.2 Å². The number of nitrogens with two attached hydrogens (primary N) is 1. The second-order valence-corrected chi connectivity index (χ2v) is 1.27. The Hall–Kier alpha value is -0.430. The number of primary amides is 1. The summed E-state index contributed by atoms with van der Waals surface area (Å²) in [6.45, 7) is 0.549. The van der Waals surface area contributed by atoms with Crippen LogP contribution in [0.15, 0.2) is 0 Å². The average molecular weight is 185 g/mol. The Morgan fingerprint density at radius 2 is 2.10 bits per heavy atom. The van der Waals surface area contributed by atoms with Gasteiger partial charge in [0, 0.05) is 0 Å². The first-order valence-corrected chi connectivity index (χ1v) is 2.20. The Kier molecular flexibility index (Phi) is 18.5. The normalized spacial score (nSPS) is 6.30. The minimum absolute atomic E-state index is 0. The second kappa shape index (κ2) is 11.4. The van der Waals surface area contributed by atoms with E-state index in [0.29, 0.717) is 6.54 Å². The van der Waals surface area contributed by atoms with Crippen LogP contribution in [-0.4, -0.2) is 19.0 Å². The molecule has 0 spiro atoms. The highest BCUT2D eigenvalue weighted by Crippen LogP contribution is 1.53. The Morgan fingerprint density at radius 3 is 2.40 bits per heavy atom. The fourth-order valence-corrected chi connectivity index (χ4v) is 0.258. The van der Waals surface area contributed by atoms with Crippen molar-refractivity contribution >= 4 is 30.7 Å². The number of carbonyl (C=O) groups is 1. The Morgan fingerprint density at radius 1 is 1.60 bits per heavy atom. The molecular formula is C5H10Cl2N2O. The minimum atomic E-state index is -0.389. The fourth-order valence-electron chi connectivity index (χ4n) is 0.258. The summed E-state index contributed by atoms with van der Waals surface area (Å²) in [7, 11) is 0. The lowest BCUT2D eigenvalue weighted by Gasteiger charge is -1.91. The summed E-state index contributed by atoms with van der Waals surface area (Å²) in [5.74, 6) is 1.92. The number of amides is 1. The predicted molar refractivity (Wildman–Crippen MR) is 45.4 cm³/mol. The van der Waals surface area contributed by atoms with Crippen molar-refractivity contribution < 1.29 is 4.79 Å². The summed E-state index contributed by atoms with van der Waals surface area (Å²) in [4.78, 5) is 9.97. The van der Waals surface area contributed by atoms with E-state index in [4.69, 9.17) is 12.2 Å². The van der Waals surface area contributed by atoms with E-state index >= 15 is 0 Å². The smallest absolute Gasteiger partial charge is 0.231 e. The molecule has 0 atom stereocenters. The van der Waals surface area contributed by atoms with E-state index in [9.17, 15) is 4.79 Å². The van der Waals surface area contributed by atoms with Crippen LogP contribution in [0.5, 0.6) is 0 Å². The number of carbonyl (C=O) groups excluding carboxylic acids is 1. The van der Waals surface area contributed by atoms with E-state index in [1.807, 2.05) is 0 Å². The fraction of sp³-hybridized carbons (Fsp3) is 0.400. The van der Waals surface area contributed by atoms with Gasteiger partial charge in [0.2, 0.25) is 5.91 Å². The SMILES string of the molecule is C#CCNCC(N)=O.Cl.Cl. The van der Waals surface area contributed by atoms with Gasteiger partial charge in [-0.1, -0.05) is 5.92 Å². The lowest BCUT2D eigenvalue weighted by Crippen LogP contribution is -2.28. The molecule has 0 aromatic carbocycles. The molecule has 0 aromatic heterocycles. The van der Waals surface area contributed by atoms with Crippen LogP contribution in [0.25, 0.3) is 0 Å². The van der Waals surface area contributed by atoms with E-state index in [0.717, 1.165) is 0 Å². The lowest BCUT2D eigenvalue weighted by atomic mass is 10.6. The molecule has 0 rings (SSSR count). The van der Waals surface area contributed by atoms with Crippen molar-refractivity contribution in [3.05, 3.63) is 0 Å². The lowest BCUT2D eigenvalue weighted by molar-refractivity contribution is -0.117. The van der Waals surface area contributed by atoms with E-state index in [1.165, 1.54) is 0 Å². The van der Waals surface area contributed by atoms with Crippen LogP contribution in [0, 0.1) is 12.3 Å². The monoisotopic (exact) mass is 184 g/mol. The number of hydrogen-bond donors (Lipinski definition) is 2. The molecule has 0 unspecified atom stereocenters. The van der Waals surface area contributed by atoms with Crippen LogP contribution >= 0.6 is 24.8 Å². The first-order valence-electron chi connectivity index (χ1n) is 2.20. The average Bonchev–Trinajstić information content (AvgIpc) is 1.66. The van der Waals surface area contributed by atoms with E-state index in [1.54, 1.807) is 0 Å². The van der Waals surface area contributed by atoms with Gasteiger partial charge in [-0.3, -0.25) is 10.1 Å². The van der Waals surface area contributed by atoms with E-state index in [-0.39, 0.29) is 37.3 Å². The van der Waals surface area contributed by atoms with Gasteiger partial charge in [-0.15, -0.1) is 31.2 Å². The van der Waals surface area contributed by atoms with Crippen LogP contribution in [0.1, 0.15) is 0 Å². The highest BCUT2D eigenvalue weighted by Gasteiger charge is 1.87. The summed E-state index contributed by atoms with van der Waals surface area (Å²) in [6.07, 6.45) is 4.85. The van der Waals surface area contributed by atoms with Crippen LogP contribution in [0.4, 0.5) is 0 Å². The number of hydrogen-bond acceptors (Lipinski definition) is 2. The summed E-state index contributed by atoms with van der Waals surface area (Å²) in [5, 5.41) is 2.62. The minimum Gasteiger partial charge on any atom is -0.369 e. The van der Waals surface area contributed by atoms with Crippen molar-refractivity contribution in [3.63, 3.8) is 0 Å². The molecule has 0 saturated heterocycles. The molecule has 0 saturated carbocycles. The third kappa shape index (κ3) is 15.6. The first-order chi connectivity index (χ1) is 3.77. The molecule has 0 bridgehead atoms. The first kappa shape index (κ1) is 16.3. The van der Waals surface area contributed by atoms with Gasteiger partial charge >= 0.3 is 0 Å². The van der Waals surface area contributed by atoms with Gasteiger partial charge < -0.3 is 5.73 Å². The largest absolute Gasteiger partial charge is 0.369 e. The van der Waals surface area contributed by atoms with Gasteiger partial charge in [-0.05, 0) is 0 Å². The van der Waals surface area contributed by atoms with Crippen molar-refractivity contribution in [2.75, 3.05) is 13.1 Å². The van der Waals surface area contributed by atoms with Gasteiger partial charge in [-0.2, -0.15) is 0 Å². The molecule has 0 heterocycles. The maximum Gasteiger partial charge on any atom is 0.231 e. The molecule has 0 aliphatic heterocycles. The molecule has 0 aliphatic carbocycles. The molecule has 3 nitrogen and oxygen atoms in total. The zero-order valence-corrected chi connectivity index (χ0v) is 6.93. The predicted octanol–water partition coefficient (Wildman–Crippen LogP) is -0.462. The molecular weight excluding hydrogens is 175 g/mol. The summed E-state index contributed by atoms with van der Waals surface area (Å²) in [6, 6.07) is 0. The third-order valence-corrected chi connectivity index (χ3v) is 0.526.